The second-order valence-corrected chi connectivity index (χ2v) is 6.69. The third-order valence-corrected chi connectivity index (χ3v) is 4.74. The first-order valence-electron chi connectivity index (χ1n) is 6.17. The van der Waals surface area contributed by atoms with Crippen LogP contribution in [0.15, 0.2) is 36.4 Å². The Bertz CT molecular complexity index is 617. The van der Waals surface area contributed by atoms with E-state index < -0.39 is 0 Å². The molecule has 0 aliphatic rings. The van der Waals surface area contributed by atoms with Crippen LogP contribution in [0.3, 0.4) is 0 Å². The number of hydrazine groups is 1. The highest BCUT2D eigenvalue weighted by Gasteiger charge is 2.15. The molecule has 0 fully saturated rings. The second kappa shape index (κ2) is 7.09. The topological polar surface area (TPSA) is 38.0 Å². The number of aryl methyl sites for hydroxylation is 1. The lowest BCUT2D eigenvalue weighted by molar-refractivity contribution is 0.550. The Morgan fingerprint density at radius 1 is 1.20 bits per heavy atom. The van der Waals surface area contributed by atoms with E-state index in [2.05, 4.69) is 34.1 Å². The summed E-state index contributed by atoms with van der Waals surface area (Å²) in [7, 11) is 0. The second-order valence-electron chi connectivity index (χ2n) is 4.68. The molecule has 0 saturated carbocycles. The lowest BCUT2D eigenvalue weighted by atomic mass is 9.98. The summed E-state index contributed by atoms with van der Waals surface area (Å²) in [6.07, 6.45) is 0.714. The maximum atomic E-state index is 6.29. The molecule has 0 bridgehead atoms. The molecule has 0 aliphatic heterocycles. The maximum Gasteiger partial charge on any atom is 0.0511 e. The molecule has 0 radical (unpaired) electrons. The van der Waals surface area contributed by atoms with Crippen molar-refractivity contribution in [2.45, 2.75) is 19.4 Å². The van der Waals surface area contributed by atoms with Gasteiger partial charge in [-0.3, -0.25) is 11.3 Å². The van der Waals surface area contributed by atoms with Gasteiger partial charge in [0.05, 0.1) is 6.04 Å². The first kappa shape index (κ1) is 16.0. The van der Waals surface area contributed by atoms with Gasteiger partial charge in [0.25, 0.3) is 0 Å². The van der Waals surface area contributed by atoms with Crippen molar-refractivity contribution in [3.05, 3.63) is 66.7 Å². The van der Waals surface area contributed by atoms with Crippen LogP contribution in [-0.4, -0.2) is 0 Å². The van der Waals surface area contributed by atoms with E-state index in [1.54, 1.807) is 0 Å². The molecule has 5 heteroatoms. The van der Waals surface area contributed by atoms with Gasteiger partial charge in [0.15, 0.2) is 0 Å². The van der Waals surface area contributed by atoms with Gasteiger partial charge < -0.3 is 0 Å². The van der Waals surface area contributed by atoms with Crippen molar-refractivity contribution in [2.24, 2.45) is 5.84 Å². The highest BCUT2D eigenvalue weighted by molar-refractivity contribution is 14.1. The molecule has 3 N–H and O–H groups in total. The molecular formula is C15H15Cl2IN2. The molecule has 2 nitrogen and oxygen atoms in total. The Kier molecular flexibility index (Phi) is 5.69. The number of nitrogens with two attached hydrogens (primary N) is 1. The standard InChI is InChI=1S/C15H15Cl2IN2/c1-9-2-3-10(13(17)6-9)7-15(20-19)12-8-11(16)4-5-14(12)18/h2-6,8,15,20H,7,19H2,1H3. The highest BCUT2D eigenvalue weighted by Crippen LogP contribution is 2.28. The molecule has 1 unspecified atom stereocenters. The van der Waals surface area contributed by atoms with E-state index in [1.165, 1.54) is 0 Å². The predicted molar refractivity (Wildman–Crippen MR) is 94.1 cm³/mol. The number of rotatable bonds is 4. The maximum absolute atomic E-state index is 6.29. The summed E-state index contributed by atoms with van der Waals surface area (Å²) < 4.78 is 1.12. The molecule has 1 atom stereocenters. The number of halogens is 3. The van der Waals surface area contributed by atoms with Crippen molar-refractivity contribution < 1.29 is 0 Å². The average Bonchev–Trinajstić information content (AvgIpc) is 2.41. The number of benzene rings is 2. The smallest absolute Gasteiger partial charge is 0.0511 e. The fourth-order valence-electron chi connectivity index (χ4n) is 2.08. The summed E-state index contributed by atoms with van der Waals surface area (Å²) in [5.41, 5.74) is 6.15. The van der Waals surface area contributed by atoms with Crippen LogP contribution in [0.25, 0.3) is 0 Å². The highest BCUT2D eigenvalue weighted by atomic mass is 127. The fraction of sp³-hybridized carbons (Fsp3) is 0.200. The van der Waals surface area contributed by atoms with Gasteiger partial charge in [-0.2, -0.15) is 0 Å². The van der Waals surface area contributed by atoms with E-state index in [4.69, 9.17) is 29.0 Å². The molecule has 106 valence electrons. The summed E-state index contributed by atoms with van der Waals surface area (Å²) >= 11 is 14.7. The Labute approximate surface area is 142 Å². The molecule has 20 heavy (non-hydrogen) atoms. The molecular weight excluding hydrogens is 406 g/mol. The van der Waals surface area contributed by atoms with E-state index in [-0.39, 0.29) is 6.04 Å². The van der Waals surface area contributed by atoms with E-state index in [0.717, 1.165) is 25.3 Å². The molecule has 0 amide bonds. The molecule has 2 rings (SSSR count). The van der Waals surface area contributed by atoms with Crippen LogP contribution in [0.4, 0.5) is 0 Å². The van der Waals surface area contributed by atoms with Crippen molar-refractivity contribution >= 4 is 45.8 Å². The molecule has 0 aromatic heterocycles. The Balaban J connectivity index is 2.31. The summed E-state index contributed by atoms with van der Waals surface area (Å²) in [6.45, 7) is 2.02. The van der Waals surface area contributed by atoms with Gasteiger partial charge in [-0.1, -0.05) is 35.3 Å². The molecule has 0 heterocycles. The van der Waals surface area contributed by atoms with Crippen LogP contribution in [0, 0.1) is 10.5 Å². The summed E-state index contributed by atoms with van der Waals surface area (Å²) in [5, 5.41) is 1.47. The zero-order chi connectivity index (χ0) is 14.7. The predicted octanol–water partition coefficient (Wildman–Crippen LogP) is 4.65. The first-order chi connectivity index (χ1) is 9.51. The van der Waals surface area contributed by atoms with Gasteiger partial charge in [-0.05, 0) is 76.9 Å². The molecule has 2 aromatic carbocycles. The van der Waals surface area contributed by atoms with E-state index >= 15 is 0 Å². The SMILES string of the molecule is Cc1ccc(CC(NN)c2cc(Cl)ccc2I)c(Cl)c1. The lowest BCUT2D eigenvalue weighted by Crippen LogP contribution is -2.30. The van der Waals surface area contributed by atoms with Gasteiger partial charge in [-0.25, -0.2) is 0 Å². The van der Waals surface area contributed by atoms with Crippen LogP contribution in [0.5, 0.6) is 0 Å². The Hall–Kier alpha value is -0.330. The van der Waals surface area contributed by atoms with Gasteiger partial charge in [-0.15, -0.1) is 0 Å². The largest absolute Gasteiger partial charge is 0.271 e. The summed E-state index contributed by atoms with van der Waals surface area (Å²) in [6, 6.07) is 11.8. The molecule has 2 aromatic rings. The van der Waals surface area contributed by atoms with Crippen LogP contribution in [0.2, 0.25) is 10.0 Å². The van der Waals surface area contributed by atoms with E-state index in [9.17, 15) is 0 Å². The number of hydrogen-bond donors (Lipinski definition) is 2. The average molecular weight is 421 g/mol. The van der Waals surface area contributed by atoms with Crippen LogP contribution in [-0.2, 0) is 6.42 Å². The molecule has 0 aliphatic carbocycles. The minimum atomic E-state index is -0.0270. The first-order valence-corrected chi connectivity index (χ1v) is 8.01. The molecule has 0 spiro atoms. The summed E-state index contributed by atoms with van der Waals surface area (Å²) in [5.74, 6) is 5.71. The van der Waals surface area contributed by atoms with Gasteiger partial charge in [0.2, 0.25) is 0 Å². The van der Waals surface area contributed by atoms with Gasteiger partial charge in [0, 0.05) is 13.6 Å². The van der Waals surface area contributed by atoms with Crippen LogP contribution < -0.4 is 11.3 Å². The Morgan fingerprint density at radius 2 is 1.95 bits per heavy atom. The summed E-state index contributed by atoms with van der Waals surface area (Å²) in [4.78, 5) is 0. The normalized spacial score (nSPS) is 12.4. The van der Waals surface area contributed by atoms with Crippen molar-refractivity contribution in [1.29, 1.82) is 0 Å². The van der Waals surface area contributed by atoms with Crippen molar-refractivity contribution in [1.82, 2.24) is 5.43 Å². The van der Waals surface area contributed by atoms with E-state index in [1.807, 2.05) is 37.3 Å². The monoisotopic (exact) mass is 420 g/mol. The molecule has 0 saturated heterocycles. The van der Waals surface area contributed by atoms with Crippen molar-refractivity contribution in [3.8, 4) is 0 Å². The third-order valence-electron chi connectivity index (χ3n) is 3.17. The Morgan fingerprint density at radius 3 is 2.60 bits per heavy atom. The van der Waals surface area contributed by atoms with Gasteiger partial charge in [0.1, 0.15) is 0 Å². The lowest BCUT2D eigenvalue weighted by Gasteiger charge is -2.19. The minimum Gasteiger partial charge on any atom is -0.271 e. The van der Waals surface area contributed by atoms with Gasteiger partial charge >= 0.3 is 0 Å². The fourth-order valence-corrected chi connectivity index (χ4v) is 3.28. The van der Waals surface area contributed by atoms with E-state index in [0.29, 0.717) is 11.4 Å². The quantitative estimate of drug-likeness (QED) is 0.429. The van der Waals surface area contributed by atoms with Crippen molar-refractivity contribution in [2.75, 3.05) is 0 Å². The van der Waals surface area contributed by atoms with Crippen LogP contribution >= 0.6 is 45.8 Å². The number of hydrogen-bond acceptors (Lipinski definition) is 2. The van der Waals surface area contributed by atoms with Crippen LogP contribution in [0.1, 0.15) is 22.7 Å². The minimum absolute atomic E-state index is 0.0270. The number of nitrogens with one attached hydrogen (secondary N) is 1. The third kappa shape index (κ3) is 3.86. The zero-order valence-corrected chi connectivity index (χ0v) is 14.6. The zero-order valence-electron chi connectivity index (χ0n) is 11.0. The van der Waals surface area contributed by atoms with Crippen molar-refractivity contribution in [3.63, 3.8) is 0 Å².